The van der Waals surface area contributed by atoms with Gasteiger partial charge in [-0.2, -0.15) is 0 Å². The molecule has 37 atom stereocenters. The summed E-state index contributed by atoms with van der Waals surface area (Å²) in [7, 11) is 1.03. The number of aliphatic hydroxyl groups excluding tert-OH is 17. The SMILES string of the molecule is COC(=O)[C@H]1CC[C@H]2NC(=O)[C@H](NC(=O)[C@@H]3NC(=O)[C@H]4NC(=O)[C@H](NC(=O)[C@H](N)c5ccc(O)c(c5)Oc5cc4cc(O)c5C)[C@H](O)c4ccc5c(c4)Cc4c(c(O[C@H]6O[C@@H](CO[C@H]7O[C@H](C)[C@@H](O)[C@H](O)[C@@H]7O)[C@H](O)[C@@H](O)[C@@H]6O[C@@H]6O[C@@H](CO)[C@H](O)[C@@H](O)[C@H]6O[C@H]6OC[C@H](O)[C@H](O)[C@H]6O)c6c(c43)Cc3cc(ccc3O6)[C@H]2O[C@@H]2C[C@@H](N)[C@@H](O)[C@H](C)O2)O5)c2ccc(O)c(c2)-c2c(O[C@@H]3O[C@H](CO)[C@@H](O)[C@H](O)[C@@H]3O)cc(O)cc21. The van der Waals surface area contributed by atoms with Gasteiger partial charge in [0.15, 0.2) is 54.3 Å². The van der Waals surface area contributed by atoms with E-state index in [1.165, 1.54) is 69.3 Å². The van der Waals surface area contributed by atoms with Gasteiger partial charge in [-0.3, -0.25) is 28.8 Å². The lowest BCUT2D eigenvalue weighted by Gasteiger charge is -2.48. The van der Waals surface area contributed by atoms with Gasteiger partial charge in [0.2, 0.25) is 47.9 Å². The zero-order valence-electron chi connectivity index (χ0n) is 79.0. The van der Waals surface area contributed by atoms with Crippen LogP contribution < -0.4 is 61.7 Å². The van der Waals surface area contributed by atoms with Crippen LogP contribution in [0.25, 0.3) is 11.1 Å². The monoisotopic (exact) mass is 2080 g/mol. The number of nitrogens with two attached hydrogens (primary N) is 2. The molecule has 7 aromatic carbocycles. The van der Waals surface area contributed by atoms with Crippen LogP contribution in [0.15, 0.2) is 97.1 Å². The van der Waals surface area contributed by atoms with E-state index in [0.717, 1.165) is 55.6 Å². The molecule has 12 aliphatic rings. The number of phenolic OH excluding ortho intramolecular Hbond substituents is 4. The molecule has 30 N–H and O–H groups in total. The van der Waals surface area contributed by atoms with E-state index in [1.807, 2.05) is 0 Å². The molecule has 798 valence electrons. The Kier molecular flexibility index (Phi) is 29.7. The lowest BCUT2D eigenvalue weighted by atomic mass is 9.81. The molecule has 0 radical (unpaired) electrons. The van der Waals surface area contributed by atoms with Crippen LogP contribution in [0.4, 0.5) is 0 Å². The van der Waals surface area contributed by atoms with Gasteiger partial charge in [-0.05, 0) is 150 Å². The average molecular weight is 2080 g/mol. The van der Waals surface area contributed by atoms with Crippen LogP contribution in [0, 0.1) is 6.92 Å². The average Bonchev–Trinajstić information content (AvgIpc) is 0.712. The molecule has 0 aromatic heterocycles. The first kappa shape index (κ1) is 105. The summed E-state index contributed by atoms with van der Waals surface area (Å²) in [5, 5.41) is 257. The number of esters is 1. The Labute approximate surface area is 838 Å². The van der Waals surface area contributed by atoms with Crippen LogP contribution in [0.3, 0.4) is 0 Å². The minimum absolute atomic E-state index is 0.0125. The van der Waals surface area contributed by atoms with E-state index in [-0.39, 0.29) is 90.6 Å². The second-order valence-electron chi connectivity index (χ2n) is 38.7. The van der Waals surface area contributed by atoms with Crippen molar-refractivity contribution in [2.75, 3.05) is 33.5 Å². The Morgan fingerprint density at radius 2 is 1.03 bits per heavy atom. The Balaban J connectivity index is 0.860. The van der Waals surface area contributed by atoms with E-state index in [2.05, 4.69) is 26.6 Å². The molecule has 6 saturated heterocycles. The lowest BCUT2D eigenvalue weighted by molar-refractivity contribution is -0.385. The summed E-state index contributed by atoms with van der Waals surface area (Å²) < 4.78 is 102. The maximum Gasteiger partial charge on any atom is 0.313 e. The smallest absolute Gasteiger partial charge is 0.313 e. The zero-order chi connectivity index (χ0) is 105. The molecule has 12 heterocycles. The highest BCUT2D eigenvalue weighted by Crippen LogP contribution is 2.59. The highest BCUT2D eigenvalue weighted by Gasteiger charge is 2.58. The third kappa shape index (κ3) is 19.6. The van der Waals surface area contributed by atoms with E-state index in [0.29, 0.717) is 0 Å². The largest absolute Gasteiger partial charge is 0.508 e. The molecular weight excluding hydrogens is 1960 g/mol. The van der Waals surface area contributed by atoms with Crippen molar-refractivity contribution in [2.45, 2.75) is 279 Å². The number of benzene rings is 7. The number of phenols is 4. The minimum Gasteiger partial charge on any atom is -0.508 e. The number of carbonyl (C=O) groups is 6. The summed E-state index contributed by atoms with van der Waals surface area (Å²) in [6.45, 7) is 0.446. The molecule has 7 aromatic rings. The number of methoxy groups -OCH3 is 1. The summed E-state index contributed by atoms with van der Waals surface area (Å²) in [5.74, 6) is -15.3. The Bertz CT molecular complexity index is 6210. The molecule has 148 heavy (non-hydrogen) atoms. The topological polar surface area (TPSA) is 787 Å². The Morgan fingerprint density at radius 1 is 0.466 bits per heavy atom. The van der Waals surface area contributed by atoms with Gasteiger partial charge in [0.05, 0.1) is 63.8 Å². The summed E-state index contributed by atoms with van der Waals surface area (Å²) in [6, 6.07) is 5.71. The predicted octanol–water partition coefficient (Wildman–Crippen LogP) is -4.99. The van der Waals surface area contributed by atoms with Gasteiger partial charge in [-0.25, -0.2) is 0 Å². The molecule has 12 aliphatic heterocycles. The second-order valence-corrected chi connectivity index (χ2v) is 38.7. The molecule has 19 rings (SSSR count). The van der Waals surface area contributed by atoms with Gasteiger partial charge in [0, 0.05) is 59.2 Å². The normalized spacial score (nSPS) is 36.5. The fourth-order valence-corrected chi connectivity index (χ4v) is 20.7. The number of ether oxygens (including phenoxy) is 16. The number of aromatic hydroxyl groups is 4. The maximum absolute atomic E-state index is 17.8. The van der Waals surface area contributed by atoms with Gasteiger partial charge < -0.3 is 221 Å². The number of nitrogens with one attached hydrogen (secondary N) is 5. The van der Waals surface area contributed by atoms with Crippen molar-refractivity contribution in [3.63, 3.8) is 0 Å². The quantitative estimate of drug-likeness (QED) is 0.0403. The van der Waals surface area contributed by atoms with Crippen molar-refractivity contribution in [1.82, 2.24) is 26.6 Å². The third-order valence-electron chi connectivity index (χ3n) is 29.1. The van der Waals surface area contributed by atoms with Gasteiger partial charge in [0.1, 0.15) is 186 Å². The van der Waals surface area contributed by atoms with E-state index in [9.17, 15) is 112 Å². The third-order valence-corrected chi connectivity index (χ3v) is 29.1. The molecule has 50 heteroatoms. The summed E-state index contributed by atoms with van der Waals surface area (Å²) in [4.78, 5) is 97.9. The highest BCUT2D eigenvalue weighted by molar-refractivity contribution is 5.99. The van der Waals surface area contributed by atoms with Gasteiger partial charge in [-0.15, -0.1) is 0 Å². The van der Waals surface area contributed by atoms with Crippen molar-refractivity contribution >= 4 is 35.5 Å². The van der Waals surface area contributed by atoms with Crippen molar-refractivity contribution < 1.29 is 212 Å². The number of aliphatic hydroxyl groups is 17. The molecule has 0 saturated carbocycles. The van der Waals surface area contributed by atoms with Crippen molar-refractivity contribution in [1.29, 1.82) is 0 Å². The molecule has 0 spiro atoms. The van der Waals surface area contributed by atoms with Crippen LogP contribution in [0.5, 0.6) is 69.0 Å². The van der Waals surface area contributed by atoms with E-state index in [4.69, 9.17) is 87.3 Å². The Morgan fingerprint density at radius 3 is 1.72 bits per heavy atom. The first-order valence-electron chi connectivity index (χ1n) is 47.8. The molecular formula is C98H113N7O43. The number of hydrogen-bond acceptors (Lipinski definition) is 45. The molecule has 16 bridgehead atoms. The van der Waals surface area contributed by atoms with E-state index in [1.54, 1.807) is 0 Å². The van der Waals surface area contributed by atoms with Crippen LogP contribution in [0.1, 0.15) is 142 Å². The van der Waals surface area contributed by atoms with E-state index >= 15 is 24.0 Å². The summed E-state index contributed by atoms with van der Waals surface area (Å²) >= 11 is 0. The summed E-state index contributed by atoms with van der Waals surface area (Å²) in [5.41, 5.74) is 10.6. The first-order valence-corrected chi connectivity index (χ1v) is 47.8. The molecule has 50 nitrogen and oxygen atoms in total. The van der Waals surface area contributed by atoms with Crippen LogP contribution in [-0.4, -0.2) is 360 Å². The maximum atomic E-state index is 17.8. The molecule has 0 unspecified atom stereocenters. The molecule has 5 amide bonds. The first-order chi connectivity index (χ1) is 70.6. The standard InChI is InChI=1S/C98H113N7O43/c1-30-50(111)20-39-22-54(30)138-55-21-33(5-12-49(55)110)63(100)88(127)105-67-70(115)35-7-13-52-37(15-35)18-44-62-45-19-38-16-36(8-14-53(38)140-84(45)87(83(44)139-52)148-98-86(78(123)74(119)59(144-98)29-135-94-80(125)75(120)69(114)32(3)137-94)147-97-85(77(122)73(118)58(27-107)143-97)146-95-79(124)71(116)51(112)28-134-95)82(145-60-25-46(99)68(113)31(2)136-60)47-10-9-41(93(132)133-4)42-23-40(108)24-56(141-96-81(126)76(121)72(117)57(26-106)142-96)61(42)43-17-34(6-11-48(43)109)64(89(128)101-47)102-91(130)66(62)104-90(129)65(39)103-92(67)131/h5-8,11-17,20-24,31-32,41,46-47,51,57-60,63-82,85-86,94-98,106-126H,9-10,18-19,25-29,99-100H2,1-4H3,(H,101,128)(H,102,130)(H,103,131)(H,104,129)(H,105,127)/t31-,32+,41-,46+,47+,51-,57+,58-,59-,60+,63+,64+,65-,66+,67+,68-,69+,70+,71-,72+,73-,74-,75-,76-,77+,78+,79+,80-,81-,82+,85+,86-,94-,95+,96+,97-,98+/m0/s1. The number of carbonyl (C=O) groups excluding carboxylic acids is 6. The zero-order valence-corrected chi connectivity index (χ0v) is 79.0. The fraction of sp³-hybridized carbons (Fsp3) is 0.510. The second kappa shape index (κ2) is 42.0. The number of rotatable bonds is 16. The highest BCUT2D eigenvalue weighted by atomic mass is 16.8. The lowest BCUT2D eigenvalue weighted by Crippen LogP contribution is -2.67. The Hall–Kier alpha value is -11.6. The number of fused-ring (bicyclic) bond motifs is 18. The number of amides is 5. The number of hydrogen-bond donors (Lipinski definition) is 28. The van der Waals surface area contributed by atoms with Crippen LogP contribution in [-0.2, 0) is 93.7 Å². The van der Waals surface area contributed by atoms with Gasteiger partial charge in [0.25, 0.3) is 0 Å². The minimum atomic E-state index is -2.49. The fourth-order valence-electron chi connectivity index (χ4n) is 20.7. The molecule has 6 fully saturated rings. The van der Waals surface area contributed by atoms with Crippen molar-refractivity contribution in [3.8, 4) is 80.1 Å². The van der Waals surface area contributed by atoms with Crippen molar-refractivity contribution in [2.24, 2.45) is 11.5 Å². The predicted molar refractivity (Wildman–Crippen MR) is 490 cm³/mol. The van der Waals surface area contributed by atoms with Crippen molar-refractivity contribution in [3.05, 3.63) is 164 Å². The summed E-state index contributed by atoms with van der Waals surface area (Å²) in [6.07, 6.45) is -58.8. The van der Waals surface area contributed by atoms with Gasteiger partial charge in [-0.1, -0.05) is 24.3 Å². The van der Waals surface area contributed by atoms with Crippen LogP contribution in [0.2, 0.25) is 0 Å². The van der Waals surface area contributed by atoms with E-state index < -0.39 is 377 Å². The van der Waals surface area contributed by atoms with Gasteiger partial charge >= 0.3 is 5.97 Å². The molecule has 0 aliphatic carbocycles. The van der Waals surface area contributed by atoms with Crippen LogP contribution >= 0.6 is 0 Å².